The average Bonchev–Trinajstić information content (AvgIpc) is 4.23. The third-order valence-electron chi connectivity index (χ3n) is 14.5. The van der Waals surface area contributed by atoms with Crippen molar-refractivity contribution in [2.24, 2.45) is 23.7 Å². The van der Waals surface area contributed by atoms with E-state index in [9.17, 15) is 44.7 Å². The fourth-order valence-electron chi connectivity index (χ4n) is 9.54. The number of hydrogen-bond donors (Lipinski definition) is 6. The third kappa shape index (κ3) is 20.9. The standard InChI is InChI=1S/C52H86O17/c1-31(23-39-49(61)47(59)37(29-65-39)27-41-51(68-41)33(3)35(5)53)25-46(58)64-22-18-14-10-8-12-16-20-44(56)67-36(6)34(4)52-42(69-52)28-38-30-66-40(50(62)48(38)60)24-32(2)26-45(57)63-21-17-13-9-7-11-15-19-43(54)55/h25-26,33-42,47-53,59-62H,7-24,27-30H2,1-6H3,(H,54,55)/b31-25+,32-26+/t33-,34+,35+,36+,37+,38+,39+,40+,41+,42+,47+,48-,49-,50+,51+,52+/m1/s1. The van der Waals surface area contributed by atoms with Crippen LogP contribution in [0.3, 0.4) is 0 Å². The lowest BCUT2D eigenvalue weighted by molar-refractivity contribution is -0.165. The summed E-state index contributed by atoms with van der Waals surface area (Å²) in [6, 6.07) is 0. The van der Waals surface area contributed by atoms with Gasteiger partial charge in [-0.1, -0.05) is 76.4 Å². The summed E-state index contributed by atoms with van der Waals surface area (Å²) in [6.07, 6.45) is 8.24. The molecule has 4 saturated heterocycles. The van der Waals surface area contributed by atoms with Gasteiger partial charge in [0.1, 0.15) is 18.3 Å². The van der Waals surface area contributed by atoms with Gasteiger partial charge in [-0.25, -0.2) is 9.59 Å². The number of aliphatic carboxylic acids is 1. The van der Waals surface area contributed by atoms with Gasteiger partial charge in [-0.05, 0) is 79.1 Å². The number of aliphatic hydroxyl groups excluding tert-OH is 5. The number of carbonyl (C=O) groups is 4. The maximum Gasteiger partial charge on any atom is 0.330 e. The first-order valence-electron chi connectivity index (χ1n) is 25.9. The highest BCUT2D eigenvalue weighted by atomic mass is 16.6. The molecule has 17 nitrogen and oxygen atoms in total. The van der Waals surface area contributed by atoms with E-state index in [0.29, 0.717) is 49.9 Å². The van der Waals surface area contributed by atoms with Crippen LogP contribution >= 0.6 is 0 Å². The first-order valence-corrected chi connectivity index (χ1v) is 25.9. The van der Waals surface area contributed by atoms with Gasteiger partial charge in [0.2, 0.25) is 0 Å². The molecule has 0 bridgehead atoms. The van der Waals surface area contributed by atoms with E-state index in [4.69, 9.17) is 38.3 Å². The quantitative estimate of drug-likeness (QED) is 0.0152. The van der Waals surface area contributed by atoms with Gasteiger partial charge in [0.05, 0.1) is 81.4 Å². The van der Waals surface area contributed by atoms with Crippen molar-refractivity contribution in [1.29, 1.82) is 0 Å². The Kier molecular flexibility index (Phi) is 25.6. The molecule has 17 heteroatoms. The van der Waals surface area contributed by atoms with E-state index in [1.807, 2.05) is 20.8 Å². The first-order chi connectivity index (χ1) is 32.9. The van der Waals surface area contributed by atoms with E-state index >= 15 is 0 Å². The van der Waals surface area contributed by atoms with Crippen LogP contribution < -0.4 is 0 Å². The smallest absolute Gasteiger partial charge is 0.330 e. The summed E-state index contributed by atoms with van der Waals surface area (Å²) >= 11 is 0. The minimum atomic E-state index is -1.13. The summed E-state index contributed by atoms with van der Waals surface area (Å²) in [5, 5.41) is 61.9. The monoisotopic (exact) mass is 983 g/mol. The van der Waals surface area contributed by atoms with E-state index in [1.165, 1.54) is 12.2 Å². The Hall–Kier alpha value is -3.00. The second-order valence-corrected chi connectivity index (χ2v) is 20.5. The lowest BCUT2D eigenvalue weighted by Gasteiger charge is -2.38. The molecule has 4 fully saturated rings. The Morgan fingerprint density at radius 3 is 1.41 bits per heavy atom. The molecule has 16 atom stereocenters. The molecule has 0 amide bonds. The van der Waals surface area contributed by atoms with Crippen LogP contribution in [-0.2, 0) is 52.3 Å². The summed E-state index contributed by atoms with van der Waals surface area (Å²) < 4.78 is 39.9. The van der Waals surface area contributed by atoms with Crippen LogP contribution in [0.5, 0.6) is 0 Å². The van der Waals surface area contributed by atoms with E-state index in [1.54, 1.807) is 20.8 Å². The molecular formula is C52H86O17. The summed E-state index contributed by atoms with van der Waals surface area (Å²) in [4.78, 5) is 47.9. The molecular weight excluding hydrogens is 897 g/mol. The predicted octanol–water partition coefficient (Wildman–Crippen LogP) is 5.66. The minimum absolute atomic E-state index is 0.00946. The highest BCUT2D eigenvalue weighted by molar-refractivity contribution is 5.83. The maximum atomic E-state index is 12.6. The maximum absolute atomic E-state index is 12.6. The Morgan fingerprint density at radius 2 is 0.971 bits per heavy atom. The lowest BCUT2D eigenvalue weighted by Crippen LogP contribution is -2.50. The number of aliphatic hydroxyl groups is 5. The molecule has 4 aliphatic rings. The van der Waals surface area contributed by atoms with Crippen LogP contribution in [0.1, 0.15) is 157 Å². The van der Waals surface area contributed by atoms with Gasteiger partial charge in [-0.2, -0.15) is 0 Å². The third-order valence-corrected chi connectivity index (χ3v) is 14.5. The number of unbranched alkanes of at least 4 members (excludes halogenated alkanes) is 10. The molecule has 0 aliphatic carbocycles. The van der Waals surface area contributed by atoms with Crippen LogP contribution in [0.2, 0.25) is 0 Å². The van der Waals surface area contributed by atoms with Crippen molar-refractivity contribution in [3.05, 3.63) is 23.3 Å². The van der Waals surface area contributed by atoms with Crippen molar-refractivity contribution in [1.82, 2.24) is 0 Å². The number of carboxylic acids is 1. The number of hydrogen-bond acceptors (Lipinski definition) is 16. The normalized spacial score (nSPS) is 31.0. The number of ether oxygens (including phenoxy) is 7. The molecule has 4 rings (SSSR count). The lowest BCUT2D eigenvalue weighted by atomic mass is 9.85. The molecule has 0 radical (unpaired) electrons. The van der Waals surface area contributed by atoms with Crippen LogP contribution in [0.25, 0.3) is 0 Å². The topological polar surface area (TPSA) is 261 Å². The molecule has 69 heavy (non-hydrogen) atoms. The fourth-order valence-corrected chi connectivity index (χ4v) is 9.54. The van der Waals surface area contributed by atoms with Gasteiger partial charge in [-0.3, -0.25) is 9.59 Å². The molecule has 6 N–H and O–H groups in total. The van der Waals surface area contributed by atoms with Gasteiger partial charge in [-0.15, -0.1) is 0 Å². The van der Waals surface area contributed by atoms with Crippen molar-refractivity contribution < 1.29 is 83.0 Å². The molecule has 0 unspecified atom stereocenters. The number of esters is 3. The van der Waals surface area contributed by atoms with Crippen molar-refractivity contribution in [3.63, 3.8) is 0 Å². The van der Waals surface area contributed by atoms with Crippen LogP contribution in [0.4, 0.5) is 0 Å². The zero-order valence-electron chi connectivity index (χ0n) is 42.1. The molecule has 4 aliphatic heterocycles. The Balaban J connectivity index is 0.981. The zero-order chi connectivity index (χ0) is 50.6. The number of epoxide rings is 2. The van der Waals surface area contributed by atoms with Gasteiger partial charge in [0.25, 0.3) is 0 Å². The highest BCUT2D eigenvalue weighted by Gasteiger charge is 2.50. The number of rotatable bonds is 33. The van der Waals surface area contributed by atoms with Crippen molar-refractivity contribution in [3.8, 4) is 0 Å². The van der Waals surface area contributed by atoms with Gasteiger partial charge >= 0.3 is 23.9 Å². The first kappa shape index (κ1) is 58.6. The largest absolute Gasteiger partial charge is 0.481 e. The van der Waals surface area contributed by atoms with Crippen molar-refractivity contribution in [2.45, 2.75) is 230 Å². The van der Waals surface area contributed by atoms with Gasteiger partial charge in [0, 0.05) is 48.7 Å². The second-order valence-electron chi connectivity index (χ2n) is 20.5. The second kappa shape index (κ2) is 30.1. The number of carboxylic acid groups (broad SMARTS) is 1. The predicted molar refractivity (Wildman–Crippen MR) is 254 cm³/mol. The molecule has 0 aromatic rings. The number of carbonyl (C=O) groups excluding carboxylic acids is 3. The molecule has 4 heterocycles. The van der Waals surface area contributed by atoms with Crippen LogP contribution in [0, 0.1) is 23.7 Å². The molecule has 0 saturated carbocycles. The molecule has 396 valence electrons. The zero-order valence-corrected chi connectivity index (χ0v) is 42.1. The van der Waals surface area contributed by atoms with E-state index in [0.717, 1.165) is 64.2 Å². The summed E-state index contributed by atoms with van der Waals surface area (Å²) in [6.45, 7) is 12.1. The minimum Gasteiger partial charge on any atom is -0.481 e. The fraction of sp³-hybridized carbons (Fsp3) is 0.846. The van der Waals surface area contributed by atoms with Crippen molar-refractivity contribution in [2.75, 3.05) is 26.4 Å². The summed E-state index contributed by atoms with van der Waals surface area (Å²) in [5.74, 6) is -2.64. The molecule has 0 aromatic heterocycles. The Morgan fingerprint density at radius 1 is 0.565 bits per heavy atom. The molecule has 0 aromatic carbocycles. The molecule has 0 spiro atoms. The Bertz CT molecular complexity index is 1630. The van der Waals surface area contributed by atoms with Gasteiger partial charge in [0.15, 0.2) is 0 Å². The summed E-state index contributed by atoms with van der Waals surface area (Å²) in [5.41, 5.74) is 1.36. The van der Waals surface area contributed by atoms with Crippen LogP contribution in [-0.4, -0.2) is 154 Å². The summed E-state index contributed by atoms with van der Waals surface area (Å²) in [7, 11) is 0. The van der Waals surface area contributed by atoms with Crippen LogP contribution in [0.15, 0.2) is 23.3 Å². The van der Waals surface area contributed by atoms with E-state index < -0.39 is 60.6 Å². The van der Waals surface area contributed by atoms with E-state index in [-0.39, 0.29) is 99.2 Å². The SMILES string of the molecule is C/C(=C\C(=O)OCCCCCCCCC(=O)O)C[C@@H]1OC[C@H](C[C@@H]2O[C@H]2[C@@H](C)[C@H](C)OC(=O)CCCCCCCCOC(=O)/C=C(\C)C[C@@H]2OC[C@H](C[C@@H]3O[C@H]3[C@H](C)[C@H](C)O)[C@H](O)[C@@H]2O)[C@@H](O)[C@H]1O. The van der Waals surface area contributed by atoms with Crippen molar-refractivity contribution >= 4 is 23.9 Å². The highest BCUT2D eigenvalue weighted by Crippen LogP contribution is 2.40. The van der Waals surface area contributed by atoms with E-state index in [2.05, 4.69) is 0 Å². The average molecular weight is 983 g/mol. The Labute approximate surface area is 409 Å². The van der Waals surface area contributed by atoms with Gasteiger partial charge < -0.3 is 63.8 Å².